The summed E-state index contributed by atoms with van der Waals surface area (Å²) < 4.78 is 0.585. The summed E-state index contributed by atoms with van der Waals surface area (Å²) in [6.45, 7) is 5.93. The van der Waals surface area contributed by atoms with Crippen LogP contribution in [-0.2, 0) is 9.59 Å². The molecule has 2 aliphatic rings. The maximum atomic E-state index is 12.7. The van der Waals surface area contributed by atoms with E-state index in [0.717, 1.165) is 27.8 Å². The summed E-state index contributed by atoms with van der Waals surface area (Å²) in [6.07, 6.45) is 3.32. The first-order valence-electron chi connectivity index (χ1n) is 10.1. The van der Waals surface area contributed by atoms with Gasteiger partial charge in [-0.3, -0.25) is 14.5 Å². The number of para-hydroxylation sites is 1. The number of rotatable bonds is 4. The molecule has 0 bridgehead atoms. The average molecular weight is 441 g/mol. The molecule has 156 valence electrons. The van der Waals surface area contributed by atoms with Gasteiger partial charge in [-0.25, -0.2) is 4.98 Å². The lowest BCUT2D eigenvalue weighted by molar-refractivity contribution is -0.123. The van der Waals surface area contributed by atoms with Crippen molar-refractivity contribution in [3.8, 4) is 0 Å². The minimum absolute atomic E-state index is 0.0600. The first-order chi connectivity index (χ1) is 14.4. The molecule has 8 heteroatoms. The van der Waals surface area contributed by atoms with Gasteiger partial charge in [-0.05, 0) is 44.4 Å². The molecular weight excluding hydrogens is 416 g/mol. The van der Waals surface area contributed by atoms with E-state index >= 15 is 0 Å². The van der Waals surface area contributed by atoms with Gasteiger partial charge in [0.1, 0.15) is 10.1 Å². The second-order valence-corrected chi connectivity index (χ2v) is 9.31. The van der Waals surface area contributed by atoms with Crippen LogP contribution in [0.2, 0.25) is 0 Å². The second-order valence-electron chi connectivity index (χ2n) is 7.64. The predicted octanol–water partition coefficient (Wildman–Crippen LogP) is 3.47. The molecule has 30 heavy (non-hydrogen) atoms. The van der Waals surface area contributed by atoms with Crippen LogP contribution in [0.3, 0.4) is 0 Å². The van der Waals surface area contributed by atoms with Crippen LogP contribution in [0.15, 0.2) is 29.2 Å². The number of piperidine rings is 1. The highest BCUT2D eigenvalue weighted by Crippen LogP contribution is 2.36. The Morgan fingerprint density at radius 1 is 1.37 bits per heavy atom. The molecule has 6 nitrogen and oxygen atoms in total. The fourth-order valence-electron chi connectivity index (χ4n) is 4.00. The number of hydrogen-bond donors (Lipinski definition) is 1. The van der Waals surface area contributed by atoms with Crippen LogP contribution in [0.25, 0.3) is 17.0 Å². The molecule has 1 aromatic heterocycles. The average Bonchev–Trinajstić information content (AvgIpc) is 3.00. The standard InChI is InChI=1S/C22H24N4O2S2/c1-3-26-21(28)17(30-22(26)29)12-16-11-15-6-4-5-13(2)18(15)24-20(16)25-9-7-14(8-10-25)19(23)27/h4-6,11-12,14H,3,7-10H2,1-2H3,(H2,23,27)/b17-12-. The number of thioether (sulfide) groups is 1. The molecule has 0 atom stereocenters. The number of likely N-dealkylation sites (N-methyl/N-ethyl adjacent to an activating group) is 1. The fraction of sp³-hybridized carbons (Fsp3) is 0.364. The summed E-state index contributed by atoms with van der Waals surface area (Å²) in [6, 6.07) is 8.18. The van der Waals surface area contributed by atoms with Gasteiger partial charge in [0.25, 0.3) is 5.91 Å². The lowest BCUT2D eigenvalue weighted by Gasteiger charge is -2.32. The molecule has 2 saturated heterocycles. The normalized spacial score (nSPS) is 19.3. The van der Waals surface area contributed by atoms with Crippen LogP contribution in [0, 0.1) is 12.8 Å². The highest BCUT2D eigenvalue weighted by molar-refractivity contribution is 8.26. The van der Waals surface area contributed by atoms with Gasteiger partial charge in [-0.2, -0.15) is 0 Å². The van der Waals surface area contributed by atoms with Crippen molar-refractivity contribution in [2.24, 2.45) is 11.7 Å². The summed E-state index contributed by atoms with van der Waals surface area (Å²) in [5.74, 6) is 0.449. The molecule has 4 rings (SSSR count). The van der Waals surface area contributed by atoms with Crippen LogP contribution in [0.4, 0.5) is 5.82 Å². The molecule has 0 spiro atoms. The summed E-state index contributed by atoms with van der Waals surface area (Å²) in [7, 11) is 0. The highest BCUT2D eigenvalue weighted by atomic mass is 32.2. The SMILES string of the molecule is CCN1C(=O)/C(=C/c2cc3cccc(C)c3nc2N2CCC(C(N)=O)CC2)SC1=S. The lowest BCUT2D eigenvalue weighted by atomic mass is 9.96. The zero-order valence-electron chi connectivity index (χ0n) is 17.1. The summed E-state index contributed by atoms with van der Waals surface area (Å²) in [5, 5.41) is 1.03. The zero-order valence-corrected chi connectivity index (χ0v) is 18.7. The molecule has 1 aromatic carbocycles. The number of aromatic nitrogens is 1. The first-order valence-corrected chi connectivity index (χ1v) is 11.3. The van der Waals surface area contributed by atoms with Gasteiger partial charge in [0.15, 0.2) is 0 Å². The number of hydrogen-bond acceptors (Lipinski definition) is 6. The number of carbonyl (C=O) groups is 2. The van der Waals surface area contributed by atoms with Crippen molar-refractivity contribution in [1.82, 2.24) is 9.88 Å². The van der Waals surface area contributed by atoms with Crippen LogP contribution >= 0.6 is 24.0 Å². The van der Waals surface area contributed by atoms with E-state index in [1.807, 2.05) is 38.1 Å². The molecule has 2 amide bonds. The zero-order chi connectivity index (χ0) is 21.4. The number of primary amides is 1. The molecule has 0 radical (unpaired) electrons. The molecule has 0 saturated carbocycles. The number of anilines is 1. The largest absolute Gasteiger partial charge is 0.369 e. The molecule has 2 aliphatic heterocycles. The van der Waals surface area contributed by atoms with E-state index in [2.05, 4.69) is 11.0 Å². The number of fused-ring (bicyclic) bond motifs is 1. The molecule has 2 N–H and O–H groups in total. The smallest absolute Gasteiger partial charge is 0.266 e. The van der Waals surface area contributed by atoms with Crippen molar-refractivity contribution in [3.05, 3.63) is 40.3 Å². The number of thiocarbonyl (C=S) groups is 1. The quantitative estimate of drug-likeness (QED) is 0.579. The van der Waals surface area contributed by atoms with E-state index in [0.29, 0.717) is 41.7 Å². The van der Waals surface area contributed by atoms with E-state index in [9.17, 15) is 9.59 Å². The Morgan fingerprint density at radius 3 is 2.73 bits per heavy atom. The Kier molecular flexibility index (Phi) is 5.79. The van der Waals surface area contributed by atoms with E-state index in [1.54, 1.807) is 4.90 Å². The Labute approximate surface area is 185 Å². The van der Waals surface area contributed by atoms with Crippen LogP contribution in [-0.4, -0.2) is 45.7 Å². The molecule has 2 aromatic rings. The number of aryl methyl sites for hydroxylation is 1. The van der Waals surface area contributed by atoms with Gasteiger partial charge in [0, 0.05) is 36.5 Å². The predicted molar refractivity (Wildman–Crippen MR) is 126 cm³/mol. The van der Waals surface area contributed by atoms with Gasteiger partial charge in [-0.15, -0.1) is 0 Å². The number of carbonyl (C=O) groups excluding carboxylic acids is 2. The Bertz CT molecular complexity index is 1070. The molecule has 0 unspecified atom stereocenters. The second kappa shape index (κ2) is 8.35. The van der Waals surface area contributed by atoms with Gasteiger partial charge >= 0.3 is 0 Å². The topological polar surface area (TPSA) is 79.5 Å². The van der Waals surface area contributed by atoms with Gasteiger partial charge in [-0.1, -0.05) is 42.2 Å². The fourth-order valence-corrected chi connectivity index (χ4v) is 5.38. The number of nitrogens with zero attached hydrogens (tertiary/aromatic N) is 3. The van der Waals surface area contributed by atoms with Gasteiger partial charge < -0.3 is 10.6 Å². The van der Waals surface area contributed by atoms with E-state index in [-0.39, 0.29) is 17.7 Å². The summed E-state index contributed by atoms with van der Waals surface area (Å²) in [5.41, 5.74) is 8.44. The number of pyridine rings is 1. The van der Waals surface area contributed by atoms with Crippen LogP contribution in [0.5, 0.6) is 0 Å². The number of amides is 2. The van der Waals surface area contributed by atoms with Crippen molar-refractivity contribution < 1.29 is 9.59 Å². The van der Waals surface area contributed by atoms with Crippen molar-refractivity contribution in [2.45, 2.75) is 26.7 Å². The Hall–Kier alpha value is -2.45. The third-order valence-electron chi connectivity index (χ3n) is 5.73. The van der Waals surface area contributed by atoms with Crippen LogP contribution < -0.4 is 10.6 Å². The number of benzene rings is 1. The summed E-state index contributed by atoms with van der Waals surface area (Å²) in [4.78, 5) is 33.7. The Balaban J connectivity index is 1.77. The maximum Gasteiger partial charge on any atom is 0.266 e. The van der Waals surface area contributed by atoms with Crippen molar-refractivity contribution in [3.63, 3.8) is 0 Å². The Morgan fingerprint density at radius 2 is 2.10 bits per heavy atom. The van der Waals surface area contributed by atoms with Crippen molar-refractivity contribution in [1.29, 1.82) is 0 Å². The van der Waals surface area contributed by atoms with Crippen LogP contribution in [0.1, 0.15) is 30.9 Å². The summed E-state index contributed by atoms with van der Waals surface area (Å²) >= 11 is 6.69. The monoisotopic (exact) mass is 440 g/mol. The third-order valence-corrected chi connectivity index (χ3v) is 7.11. The first kappa shape index (κ1) is 20.8. The maximum absolute atomic E-state index is 12.7. The minimum Gasteiger partial charge on any atom is -0.369 e. The minimum atomic E-state index is -0.236. The number of nitrogens with two attached hydrogens (primary N) is 1. The lowest BCUT2D eigenvalue weighted by Crippen LogP contribution is -2.39. The van der Waals surface area contributed by atoms with Gasteiger partial charge in [0.05, 0.1) is 10.4 Å². The van der Waals surface area contributed by atoms with Gasteiger partial charge in [0.2, 0.25) is 5.91 Å². The molecule has 2 fully saturated rings. The highest BCUT2D eigenvalue weighted by Gasteiger charge is 2.31. The van der Waals surface area contributed by atoms with Crippen molar-refractivity contribution in [2.75, 3.05) is 24.5 Å². The molecule has 3 heterocycles. The van der Waals surface area contributed by atoms with E-state index in [4.69, 9.17) is 22.9 Å². The molecular formula is C22H24N4O2S2. The third kappa shape index (κ3) is 3.81. The molecule has 0 aliphatic carbocycles. The van der Waals surface area contributed by atoms with Crippen molar-refractivity contribution >= 4 is 62.9 Å². The van der Waals surface area contributed by atoms with E-state index < -0.39 is 0 Å². The van der Waals surface area contributed by atoms with E-state index in [1.165, 1.54) is 11.8 Å².